The van der Waals surface area contributed by atoms with Crippen LogP contribution in [0.4, 0.5) is 0 Å². The first-order chi connectivity index (χ1) is 12.0. The SMILES string of the molecule is CCC(C(=O)O)n1c(=NC(=O)c2cccc(Br)c2)sc2ccccc21. The summed E-state index contributed by atoms with van der Waals surface area (Å²) in [5.41, 5.74) is 1.21. The molecule has 3 aromatic rings. The molecule has 5 nitrogen and oxygen atoms in total. The summed E-state index contributed by atoms with van der Waals surface area (Å²) in [5.74, 6) is -1.34. The van der Waals surface area contributed by atoms with Gasteiger partial charge in [-0.05, 0) is 36.8 Å². The van der Waals surface area contributed by atoms with Crippen molar-refractivity contribution in [2.75, 3.05) is 0 Å². The molecular formula is C18H15BrN2O3S. The maximum atomic E-state index is 12.5. The molecule has 0 saturated carbocycles. The van der Waals surface area contributed by atoms with E-state index in [2.05, 4.69) is 20.9 Å². The van der Waals surface area contributed by atoms with Crippen molar-refractivity contribution in [3.8, 4) is 0 Å². The molecule has 1 amide bonds. The number of benzene rings is 2. The summed E-state index contributed by atoms with van der Waals surface area (Å²) in [6, 6.07) is 13.7. The quantitative estimate of drug-likeness (QED) is 0.688. The molecule has 7 heteroatoms. The Labute approximate surface area is 156 Å². The van der Waals surface area contributed by atoms with Crippen LogP contribution >= 0.6 is 27.3 Å². The third kappa shape index (κ3) is 3.57. The molecule has 1 atom stereocenters. The van der Waals surface area contributed by atoms with Crippen LogP contribution in [0.15, 0.2) is 58.0 Å². The number of carbonyl (C=O) groups excluding carboxylic acids is 1. The van der Waals surface area contributed by atoms with E-state index in [-0.39, 0.29) is 0 Å². The molecule has 0 aliphatic rings. The van der Waals surface area contributed by atoms with Crippen molar-refractivity contribution in [2.24, 2.45) is 4.99 Å². The predicted molar refractivity (Wildman–Crippen MR) is 101 cm³/mol. The van der Waals surface area contributed by atoms with Crippen LogP contribution in [0.1, 0.15) is 29.7 Å². The van der Waals surface area contributed by atoms with E-state index < -0.39 is 17.9 Å². The number of carbonyl (C=O) groups is 2. The van der Waals surface area contributed by atoms with E-state index >= 15 is 0 Å². The zero-order valence-corrected chi connectivity index (χ0v) is 15.8. The first-order valence-electron chi connectivity index (χ1n) is 7.68. The normalized spacial score (nSPS) is 13.1. The third-order valence-electron chi connectivity index (χ3n) is 3.78. The summed E-state index contributed by atoms with van der Waals surface area (Å²) < 4.78 is 3.32. The van der Waals surface area contributed by atoms with Gasteiger partial charge in [0.15, 0.2) is 4.80 Å². The molecule has 0 aliphatic heterocycles. The van der Waals surface area contributed by atoms with Crippen LogP contribution in [0.3, 0.4) is 0 Å². The molecule has 0 aliphatic carbocycles. The lowest BCUT2D eigenvalue weighted by Crippen LogP contribution is -2.27. The average Bonchev–Trinajstić information content (AvgIpc) is 2.93. The Balaban J connectivity index is 2.21. The second-order valence-electron chi connectivity index (χ2n) is 5.41. The topological polar surface area (TPSA) is 71.7 Å². The summed E-state index contributed by atoms with van der Waals surface area (Å²) in [4.78, 5) is 28.8. The molecule has 128 valence electrons. The minimum Gasteiger partial charge on any atom is -0.480 e. The molecule has 0 bridgehead atoms. The monoisotopic (exact) mass is 418 g/mol. The highest BCUT2D eigenvalue weighted by Crippen LogP contribution is 2.22. The Kier molecular flexibility index (Phi) is 5.15. The maximum absolute atomic E-state index is 12.5. The van der Waals surface area contributed by atoms with Gasteiger partial charge in [0.25, 0.3) is 5.91 Å². The Morgan fingerprint density at radius 3 is 2.68 bits per heavy atom. The van der Waals surface area contributed by atoms with Gasteiger partial charge in [-0.15, -0.1) is 0 Å². The molecule has 1 heterocycles. The van der Waals surface area contributed by atoms with E-state index in [0.29, 0.717) is 16.8 Å². The molecule has 0 radical (unpaired) electrons. The predicted octanol–water partition coefficient (Wildman–Crippen LogP) is 4.24. The van der Waals surface area contributed by atoms with Gasteiger partial charge in [0.1, 0.15) is 6.04 Å². The number of carboxylic acids is 1. The van der Waals surface area contributed by atoms with Crippen LogP contribution in [-0.2, 0) is 4.79 Å². The third-order valence-corrected chi connectivity index (χ3v) is 5.31. The Bertz CT molecular complexity index is 1020. The van der Waals surface area contributed by atoms with E-state index in [1.165, 1.54) is 11.3 Å². The molecule has 1 unspecified atom stereocenters. The number of halogens is 1. The van der Waals surface area contributed by atoms with Crippen molar-refractivity contribution in [1.29, 1.82) is 0 Å². The summed E-state index contributed by atoms with van der Waals surface area (Å²) in [5, 5.41) is 9.57. The summed E-state index contributed by atoms with van der Waals surface area (Å²) in [6.45, 7) is 1.80. The molecule has 0 saturated heterocycles. The fourth-order valence-corrected chi connectivity index (χ4v) is 4.08. The van der Waals surface area contributed by atoms with E-state index in [9.17, 15) is 14.7 Å². The number of rotatable bonds is 4. The van der Waals surface area contributed by atoms with Gasteiger partial charge in [-0.2, -0.15) is 4.99 Å². The minimum absolute atomic E-state index is 0.389. The highest BCUT2D eigenvalue weighted by molar-refractivity contribution is 9.10. The lowest BCUT2D eigenvalue weighted by atomic mass is 10.2. The Hall–Kier alpha value is -2.25. The lowest BCUT2D eigenvalue weighted by molar-refractivity contribution is -0.140. The van der Waals surface area contributed by atoms with Crippen molar-refractivity contribution >= 4 is 49.4 Å². The van der Waals surface area contributed by atoms with E-state index in [4.69, 9.17) is 0 Å². The largest absolute Gasteiger partial charge is 0.480 e. The number of fused-ring (bicyclic) bond motifs is 1. The first-order valence-corrected chi connectivity index (χ1v) is 9.29. The molecule has 0 spiro atoms. The van der Waals surface area contributed by atoms with Gasteiger partial charge >= 0.3 is 5.97 Å². The van der Waals surface area contributed by atoms with Crippen molar-refractivity contribution in [1.82, 2.24) is 4.57 Å². The second kappa shape index (κ2) is 7.33. The van der Waals surface area contributed by atoms with E-state index in [0.717, 1.165) is 14.7 Å². The summed E-state index contributed by atoms with van der Waals surface area (Å²) in [7, 11) is 0. The zero-order valence-electron chi connectivity index (χ0n) is 13.3. The summed E-state index contributed by atoms with van der Waals surface area (Å²) >= 11 is 4.65. The van der Waals surface area contributed by atoms with Gasteiger partial charge in [0.05, 0.1) is 10.2 Å². The number of carboxylic acid groups (broad SMARTS) is 1. The molecular weight excluding hydrogens is 404 g/mol. The van der Waals surface area contributed by atoms with Gasteiger partial charge in [0.2, 0.25) is 0 Å². The van der Waals surface area contributed by atoms with Gasteiger partial charge in [0, 0.05) is 10.0 Å². The van der Waals surface area contributed by atoms with Crippen molar-refractivity contribution < 1.29 is 14.7 Å². The van der Waals surface area contributed by atoms with Crippen LogP contribution < -0.4 is 4.80 Å². The number of hydrogen-bond acceptors (Lipinski definition) is 3. The fourth-order valence-electron chi connectivity index (χ4n) is 2.61. The van der Waals surface area contributed by atoms with Crippen LogP contribution in [0.5, 0.6) is 0 Å². The minimum atomic E-state index is -0.942. The molecule has 1 aromatic heterocycles. The summed E-state index contributed by atoms with van der Waals surface area (Å²) in [6.07, 6.45) is 0.397. The number of nitrogens with zero attached hydrogens (tertiary/aromatic N) is 2. The molecule has 25 heavy (non-hydrogen) atoms. The number of hydrogen-bond donors (Lipinski definition) is 1. The lowest BCUT2D eigenvalue weighted by Gasteiger charge is -2.13. The number of aromatic nitrogens is 1. The number of para-hydroxylation sites is 1. The highest BCUT2D eigenvalue weighted by Gasteiger charge is 2.21. The van der Waals surface area contributed by atoms with Crippen molar-refractivity contribution in [3.63, 3.8) is 0 Å². The standard InChI is InChI=1S/C18H15BrN2O3S/c1-2-13(17(23)24)21-14-8-3-4-9-15(14)25-18(21)20-16(22)11-6-5-7-12(19)10-11/h3-10,13H,2H2,1H3,(H,23,24). The van der Waals surface area contributed by atoms with Gasteiger partial charge in [-0.3, -0.25) is 4.79 Å². The van der Waals surface area contributed by atoms with E-state index in [1.54, 1.807) is 29.7 Å². The van der Waals surface area contributed by atoms with Gasteiger partial charge in [-0.1, -0.05) is 52.4 Å². The van der Waals surface area contributed by atoms with Crippen LogP contribution in [0.2, 0.25) is 0 Å². The molecule has 2 aromatic carbocycles. The average molecular weight is 419 g/mol. The smallest absolute Gasteiger partial charge is 0.326 e. The van der Waals surface area contributed by atoms with Crippen molar-refractivity contribution in [2.45, 2.75) is 19.4 Å². The second-order valence-corrected chi connectivity index (χ2v) is 7.34. The van der Waals surface area contributed by atoms with Gasteiger partial charge in [-0.25, -0.2) is 4.79 Å². The first kappa shape index (κ1) is 17.6. The molecule has 0 fully saturated rings. The number of aliphatic carboxylic acids is 1. The highest BCUT2D eigenvalue weighted by atomic mass is 79.9. The van der Waals surface area contributed by atoms with Crippen molar-refractivity contribution in [3.05, 3.63) is 63.4 Å². The van der Waals surface area contributed by atoms with Gasteiger partial charge < -0.3 is 9.67 Å². The number of amides is 1. The van der Waals surface area contributed by atoms with Crippen LogP contribution in [0.25, 0.3) is 10.2 Å². The maximum Gasteiger partial charge on any atom is 0.326 e. The van der Waals surface area contributed by atoms with Crippen LogP contribution in [0, 0.1) is 0 Å². The Morgan fingerprint density at radius 1 is 1.24 bits per heavy atom. The molecule has 1 N–H and O–H groups in total. The van der Waals surface area contributed by atoms with E-state index in [1.807, 2.05) is 30.3 Å². The van der Waals surface area contributed by atoms with Crippen LogP contribution in [-0.4, -0.2) is 21.6 Å². The fraction of sp³-hybridized carbons (Fsp3) is 0.167. The zero-order chi connectivity index (χ0) is 18.0. The molecule has 3 rings (SSSR count). The Morgan fingerprint density at radius 2 is 2.00 bits per heavy atom. The number of thiazole rings is 1.